The van der Waals surface area contributed by atoms with Crippen molar-refractivity contribution in [2.45, 2.75) is 0 Å². The van der Waals surface area contributed by atoms with Gasteiger partial charge in [0.05, 0.1) is 5.69 Å². The molecule has 0 spiro atoms. The number of pyridine rings is 1. The van der Waals surface area contributed by atoms with Crippen LogP contribution in [-0.2, 0) is 0 Å². The van der Waals surface area contributed by atoms with E-state index in [0.29, 0.717) is 0 Å². The molecular weight excluding hydrogens is 186 g/mol. The summed E-state index contributed by atoms with van der Waals surface area (Å²) in [5.41, 5.74) is 2.04. The van der Waals surface area contributed by atoms with E-state index in [1.165, 1.54) is 0 Å². The summed E-state index contributed by atoms with van der Waals surface area (Å²) in [4.78, 5) is 4.22. The Morgan fingerprint density at radius 1 is 1.00 bits per heavy atom. The molecule has 76 valence electrons. The molecule has 1 heterocycles. The third kappa shape index (κ3) is 2.26. The molecule has 15 heavy (non-hydrogen) atoms. The van der Waals surface area contributed by atoms with Gasteiger partial charge in [0.25, 0.3) is 0 Å². The van der Waals surface area contributed by atoms with Crippen molar-refractivity contribution in [1.82, 2.24) is 4.98 Å². The van der Waals surface area contributed by atoms with Gasteiger partial charge in [-0.25, -0.2) is 4.98 Å². The average molecular weight is 199 g/mol. The first-order valence-electron chi connectivity index (χ1n) is 4.85. The number of para-hydroxylation sites is 1. The number of anilines is 3. The Kier molecular flexibility index (Phi) is 2.83. The number of nitrogens with one attached hydrogen (secondary N) is 2. The third-order valence-electron chi connectivity index (χ3n) is 2.10. The van der Waals surface area contributed by atoms with Crippen LogP contribution in [0, 0.1) is 0 Å². The van der Waals surface area contributed by atoms with Crippen LogP contribution in [0.25, 0.3) is 0 Å². The molecule has 0 aliphatic carbocycles. The second-order valence-corrected chi connectivity index (χ2v) is 3.14. The van der Waals surface area contributed by atoms with Crippen LogP contribution < -0.4 is 10.6 Å². The van der Waals surface area contributed by atoms with Crippen molar-refractivity contribution < 1.29 is 0 Å². The number of nitrogens with zero attached hydrogens (tertiary/aromatic N) is 1. The molecule has 0 aliphatic heterocycles. The van der Waals surface area contributed by atoms with Gasteiger partial charge in [0.1, 0.15) is 5.82 Å². The minimum absolute atomic E-state index is 0.848. The Morgan fingerprint density at radius 3 is 2.53 bits per heavy atom. The molecule has 1 aromatic carbocycles. The lowest BCUT2D eigenvalue weighted by Gasteiger charge is -2.09. The van der Waals surface area contributed by atoms with E-state index in [1.54, 1.807) is 6.20 Å². The highest BCUT2D eigenvalue weighted by atomic mass is 15.0. The SMILES string of the molecule is CNc1ncccc1Nc1ccccc1. The summed E-state index contributed by atoms with van der Waals surface area (Å²) >= 11 is 0. The zero-order valence-corrected chi connectivity index (χ0v) is 8.57. The molecule has 0 aliphatic rings. The summed E-state index contributed by atoms with van der Waals surface area (Å²) < 4.78 is 0. The first-order valence-corrected chi connectivity index (χ1v) is 4.85. The van der Waals surface area contributed by atoms with E-state index in [0.717, 1.165) is 17.2 Å². The standard InChI is InChI=1S/C12H13N3/c1-13-12-11(8-5-9-14-12)15-10-6-3-2-4-7-10/h2-9,15H,1H3,(H,13,14). The maximum atomic E-state index is 4.22. The fourth-order valence-electron chi connectivity index (χ4n) is 1.38. The van der Waals surface area contributed by atoms with Gasteiger partial charge in [0.15, 0.2) is 0 Å². The highest BCUT2D eigenvalue weighted by Gasteiger charge is 2.00. The summed E-state index contributed by atoms with van der Waals surface area (Å²) in [6.07, 6.45) is 1.77. The van der Waals surface area contributed by atoms with Gasteiger partial charge >= 0.3 is 0 Å². The highest BCUT2D eigenvalue weighted by Crippen LogP contribution is 2.21. The van der Waals surface area contributed by atoms with Crippen molar-refractivity contribution in [3.8, 4) is 0 Å². The van der Waals surface area contributed by atoms with Crippen LogP contribution in [0.15, 0.2) is 48.7 Å². The van der Waals surface area contributed by atoms with Crippen molar-refractivity contribution in [1.29, 1.82) is 0 Å². The summed E-state index contributed by atoms with van der Waals surface area (Å²) in [5, 5.41) is 6.34. The van der Waals surface area contributed by atoms with Gasteiger partial charge in [-0.05, 0) is 24.3 Å². The first-order chi connectivity index (χ1) is 7.40. The van der Waals surface area contributed by atoms with E-state index in [9.17, 15) is 0 Å². The van der Waals surface area contributed by atoms with Crippen LogP contribution in [0.2, 0.25) is 0 Å². The number of benzene rings is 1. The smallest absolute Gasteiger partial charge is 0.149 e. The largest absolute Gasteiger partial charge is 0.371 e. The molecule has 1 aromatic heterocycles. The van der Waals surface area contributed by atoms with Crippen LogP contribution in [-0.4, -0.2) is 12.0 Å². The number of hydrogen-bond acceptors (Lipinski definition) is 3. The maximum Gasteiger partial charge on any atom is 0.149 e. The monoisotopic (exact) mass is 199 g/mol. The predicted molar refractivity (Wildman–Crippen MR) is 63.5 cm³/mol. The van der Waals surface area contributed by atoms with Crippen molar-refractivity contribution in [2.75, 3.05) is 17.7 Å². The molecule has 0 atom stereocenters. The first kappa shape index (κ1) is 9.52. The van der Waals surface area contributed by atoms with Crippen LogP contribution in [0.3, 0.4) is 0 Å². The Balaban J connectivity index is 2.24. The Labute approximate surface area is 89.2 Å². The van der Waals surface area contributed by atoms with E-state index >= 15 is 0 Å². The zero-order valence-electron chi connectivity index (χ0n) is 8.57. The molecule has 0 amide bonds. The van der Waals surface area contributed by atoms with E-state index in [1.807, 2.05) is 49.5 Å². The van der Waals surface area contributed by atoms with Gasteiger partial charge in [-0.2, -0.15) is 0 Å². The van der Waals surface area contributed by atoms with Crippen molar-refractivity contribution in [2.24, 2.45) is 0 Å². The van der Waals surface area contributed by atoms with E-state index < -0.39 is 0 Å². The van der Waals surface area contributed by atoms with Crippen LogP contribution in [0.4, 0.5) is 17.2 Å². The fourth-order valence-corrected chi connectivity index (χ4v) is 1.38. The summed E-state index contributed by atoms with van der Waals surface area (Å²) in [5.74, 6) is 0.848. The lowest BCUT2D eigenvalue weighted by Crippen LogP contribution is -1.98. The molecule has 2 rings (SSSR count). The molecule has 0 fully saturated rings. The molecule has 0 bridgehead atoms. The third-order valence-corrected chi connectivity index (χ3v) is 2.10. The second kappa shape index (κ2) is 4.46. The number of hydrogen-bond donors (Lipinski definition) is 2. The topological polar surface area (TPSA) is 37.0 Å². The lowest BCUT2D eigenvalue weighted by molar-refractivity contribution is 1.28. The summed E-state index contributed by atoms with van der Waals surface area (Å²) in [6.45, 7) is 0. The Morgan fingerprint density at radius 2 is 1.80 bits per heavy atom. The van der Waals surface area contributed by atoms with Gasteiger partial charge in [-0.1, -0.05) is 18.2 Å². The fraction of sp³-hybridized carbons (Fsp3) is 0.0833. The molecule has 3 heteroatoms. The molecule has 2 N–H and O–H groups in total. The Hall–Kier alpha value is -2.03. The van der Waals surface area contributed by atoms with Crippen LogP contribution in [0.1, 0.15) is 0 Å². The minimum Gasteiger partial charge on any atom is -0.371 e. The minimum atomic E-state index is 0.848. The van der Waals surface area contributed by atoms with Gasteiger partial charge in [-0.15, -0.1) is 0 Å². The van der Waals surface area contributed by atoms with Crippen molar-refractivity contribution >= 4 is 17.2 Å². The van der Waals surface area contributed by atoms with E-state index in [2.05, 4.69) is 15.6 Å². The van der Waals surface area contributed by atoms with Gasteiger partial charge in [-0.3, -0.25) is 0 Å². The number of rotatable bonds is 3. The lowest BCUT2D eigenvalue weighted by atomic mass is 10.3. The molecule has 0 unspecified atom stereocenters. The summed E-state index contributed by atoms with van der Waals surface area (Å²) in [7, 11) is 1.86. The molecule has 0 saturated heterocycles. The van der Waals surface area contributed by atoms with Crippen molar-refractivity contribution in [3.63, 3.8) is 0 Å². The van der Waals surface area contributed by atoms with E-state index in [4.69, 9.17) is 0 Å². The predicted octanol–water partition coefficient (Wildman–Crippen LogP) is 2.87. The van der Waals surface area contributed by atoms with Crippen LogP contribution >= 0.6 is 0 Å². The molecule has 3 nitrogen and oxygen atoms in total. The second-order valence-electron chi connectivity index (χ2n) is 3.14. The highest BCUT2D eigenvalue weighted by molar-refractivity contribution is 5.70. The molecule has 0 saturated carbocycles. The Bertz CT molecular complexity index is 426. The normalized spacial score (nSPS) is 9.67. The maximum absolute atomic E-state index is 4.22. The summed E-state index contributed by atoms with van der Waals surface area (Å²) in [6, 6.07) is 13.9. The van der Waals surface area contributed by atoms with Gasteiger partial charge in [0, 0.05) is 18.9 Å². The zero-order chi connectivity index (χ0) is 10.5. The molecular formula is C12H13N3. The quantitative estimate of drug-likeness (QED) is 0.798. The van der Waals surface area contributed by atoms with Gasteiger partial charge in [0.2, 0.25) is 0 Å². The molecule has 2 aromatic rings. The average Bonchev–Trinajstić information content (AvgIpc) is 2.31. The van der Waals surface area contributed by atoms with Crippen LogP contribution in [0.5, 0.6) is 0 Å². The number of aromatic nitrogens is 1. The van der Waals surface area contributed by atoms with E-state index in [-0.39, 0.29) is 0 Å². The molecule has 0 radical (unpaired) electrons. The van der Waals surface area contributed by atoms with Crippen molar-refractivity contribution in [3.05, 3.63) is 48.7 Å². The van der Waals surface area contributed by atoms with Gasteiger partial charge < -0.3 is 10.6 Å².